The van der Waals surface area contributed by atoms with Crippen molar-refractivity contribution in [1.29, 1.82) is 0 Å². The topological polar surface area (TPSA) is 71.2 Å². The van der Waals surface area contributed by atoms with Crippen molar-refractivity contribution >= 4 is 33.6 Å². The number of thioether (sulfide) groups is 1. The fraction of sp³-hybridized carbons (Fsp3) is 0.389. The van der Waals surface area contributed by atoms with Crippen molar-refractivity contribution in [3.05, 3.63) is 35.3 Å². The van der Waals surface area contributed by atoms with Crippen LogP contribution in [0.5, 0.6) is 5.75 Å². The lowest BCUT2D eigenvalue weighted by atomic mass is 10.1. The van der Waals surface area contributed by atoms with E-state index in [9.17, 15) is 9.90 Å². The number of amides is 1. The van der Waals surface area contributed by atoms with Gasteiger partial charge in [0.15, 0.2) is 11.0 Å². The summed E-state index contributed by atoms with van der Waals surface area (Å²) in [5.41, 5.74) is 0.586. The first kappa shape index (κ1) is 19.0. The second kappa shape index (κ2) is 8.73. The largest absolute Gasteiger partial charge is 0.507 e. The molecule has 1 aliphatic rings. The van der Waals surface area contributed by atoms with Gasteiger partial charge in [-0.25, -0.2) is 0 Å². The molecule has 0 aliphatic carbocycles. The first-order valence-electron chi connectivity index (χ1n) is 8.53. The van der Waals surface area contributed by atoms with Gasteiger partial charge in [0.1, 0.15) is 5.75 Å². The summed E-state index contributed by atoms with van der Waals surface area (Å²) in [6.45, 7) is 5.97. The minimum atomic E-state index is 0.131. The fourth-order valence-corrected chi connectivity index (χ4v) is 4.15. The van der Waals surface area contributed by atoms with Crippen LogP contribution in [0, 0.1) is 0 Å². The van der Waals surface area contributed by atoms with Gasteiger partial charge in [0, 0.05) is 24.1 Å². The van der Waals surface area contributed by atoms with E-state index >= 15 is 0 Å². The van der Waals surface area contributed by atoms with Crippen molar-refractivity contribution in [2.75, 3.05) is 18.8 Å². The summed E-state index contributed by atoms with van der Waals surface area (Å²) in [7, 11) is 0. The number of carbonyl (C=O) groups excluding carboxylic acids is 1. The van der Waals surface area contributed by atoms with E-state index in [4.69, 9.17) is 0 Å². The van der Waals surface area contributed by atoms with E-state index in [0.717, 1.165) is 30.4 Å². The van der Waals surface area contributed by atoms with Crippen molar-refractivity contribution in [1.82, 2.24) is 19.7 Å². The number of halogens is 1. The predicted molar refractivity (Wildman–Crippen MR) is 106 cm³/mol. The Balaban J connectivity index is 1.79. The Morgan fingerprint density at radius 1 is 1.31 bits per heavy atom. The van der Waals surface area contributed by atoms with Crippen molar-refractivity contribution < 1.29 is 9.90 Å². The van der Waals surface area contributed by atoms with Crippen LogP contribution >= 0.6 is 27.7 Å². The first-order chi connectivity index (χ1) is 12.6. The molecule has 0 saturated carbocycles. The number of aromatic hydroxyl groups is 1. The van der Waals surface area contributed by atoms with E-state index in [1.54, 1.807) is 24.3 Å². The number of benzene rings is 1. The average molecular weight is 437 g/mol. The van der Waals surface area contributed by atoms with Gasteiger partial charge in [-0.2, -0.15) is 0 Å². The van der Waals surface area contributed by atoms with Gasteiger partial charge in [-0.05, 0) is 37.5 Å². The quantitative estimate of drug-likeness (QED) is 0.551. The van der Waals surface area contributed by atoms with E-state index in [-0.39, 0.29) is 11.7 Å². The minimum absolute atomic E-state index is 0.131. The van der Waals surface area contributed by atoms with Crippen LogP contribution in [-0.2, 0) is 11.3 Å². The minimum Gasteiger partial charge on any atom is -0.507 e. The number of carbonyl (C=O) groups is 1. The molecular formula is C18H21BrN4O2S. The molecule has 2 heterocycles. The Kier molecular flexibility index (Phi) is 6.37. The number of allylic oxidation sites excluding steroid dienone is 1. The Hall–Kier alpha value is -1.80. The van der Waals surface area contributed by atoms with Crippen LogP contribution in [-0.4, -0.2) is 49.5 Å². The van der Waals surface area contributed by atoms with Crippen molar-refractivity contribution in [3.8, 4) is 17.1 Å². The van der Waals surface area contributed by atoms with Crippen LogP contribution in [0.15, 0.2) is 40.5 Å². The Morgan fingerprint density at radius 3 is 2.81 bits per heavy atom. The molecule has 138 valence electrons. The molecule has 1 saturated heterocycles. The highest BCUT2D eigenvalue weighted by molar-refractivity contribution is 9.10. The molecule has 26 heavy (non-hydrogen) atoms. The summed E-state index contributed by atoms with van der Waals surface area (Å²) in [5.74, 6) is 1.15. The zero-order chi connectivity index (χ0) is 18.5. The van der Waals surface area contributed by atoms with Gasteiger partial charge >= 0.3 is 0 Å². The van der Waals surface area contributed by atoms with E-state index in [0.29, 0.717) is 28.8 Å². The molecule has 1 aromatic heterocycles. The number of phenols is 1. The summed E-state index contributed by atoms with van der Waals surface area (Å²) < 4.78 is 2.70. The average Bonchev–Trinajstić information content (AvgIpc) is 3.05. The number of rotatable bonds is 6. The highest BCUT2D eigenvalue weighted by Gasteiger charge is 2.20. The molecule has 1 aromatic carbocycles. The van der Waals surface area contributed by atoms with E-state index in [2.05, 4.69) is 32.7 Å². The second-order valence-corrected chi connectivity index (χ2v) is 7.96. The van der Waals surface area contributed by atoms with E-state index in [1.165, 1.54) is 18.2 Å². The van der Waals surface area contributed by atoms with Crippen LogP contribution in [0.1, 0.15) is 19.3 Å². The van der Waals surface area contributed by atoms with Gasteiger partial charge in [0.25, 0.3) is 0 Å². The Morgan fingerprint density at radius 2 is 2.08 bits per heavy atom. The van der Waals surface area contributed by atoms with Gasteiger partial charge in [-0.15, -0.1) is 16.8 Å². The zero-order valence-corrected chi connectivity index (χ0v) is 16.8. The Bertz CT molecular complexity index is 802. The lowest BCUT2D eigenvalue weighted by molar-refractivity contribution is -0.129. The molecule has 0 atom stereocenters. The van der Waals surface area contributed by atoms with Crippen LogP contribution in [0.2, 0.25) is 0 Å². The maximum absolute atomic E-state index is 12.4. The molecule has 0 bridgehead atoms. The standard InChI is InChI=1S/C18H21BrN4O2S/c1-2-8-23-17(14-11-13(19)6-7-15(14)24)20-21-18(23)26-12-16(25)22-9-4-3-5-10-22/h2,6-7,11,24H,1,3-5,8-10,12H2. The number of hydrogen-bond donors (Lipinski definition) is 1. The van der Waals surface area contributed by atoms with E-state index in [1.807, 2.05) is 9.47 Å². The molecule has 0 unspecified atom stereocenters. The van der Waals surface area contributed by atoms with Gasteiger partial charge in [0.2, 0.25) is 5.91 Å². The fourth-order valence-electron chi connectivity index (χ4n) is 2.94. The number of phenolic OH excluding ortho intramolecular Hbond substituents is 1. The Labute approximate surface area is 165 Å². The summed E-state index contributed by atoms with van der Waals surface area (Å²) in [6, 6.07) is 5.17. The molecule has 1 aliphatic heterocycles. The molecule has 0 radical (unpaired) electrons. The number of aromatic nitrogens is 3. The zero-order valence-electron chi connectivity index (χ0n) is 14.4. The number of nitrogens with zero attached hydrogens (tertiary/aromatic N) is 4. The molecule has 1 N–H and O–H groups in total. The number of piperidine rings is 1. The summed E-state index contributed by atoms with van der Waals surface area (Å²) in [5, 5.41) is 19.3. The molecule has 6 nitrogen and oxygen atoms in total. The second-order valence-electron chi connectivity index (χ2n) is 6.10. The highest BCUT2D eigenvalue weighted by atomic mass is 79.9. The van der Waals surface area contributed by atoms with Gasteiger partial charge in [0.05, 0.1) is 11.3 Å². The van der Waals surface area contributed by atoms with E-state index < -0.39 is 0 Å². The lowest BCUT2D eigenvalue weighted by Gasteiger charge is -2.26. The van der Waals surface area contributed by atoms with Gasteiger partial charge < -0.3 is 10.0 Å². The number of likely N-dealkylation sites (tertiary alicyclic amines) is 1. The van der Waals surface area contributed by atoms with Gasteiger partial charge in [-0.1, -0.05) is 33.8 Å². The van der Waals surface area contributed by atoms with Crippen LogP contribution in [0.25, 0.3) is 11.4 Å². The molecule has 2 aromatic rings. The third-order valence-corrected chi connectivity index (χ3v) is 5.71. The predicted octanol–water partition coefficient (Wildman–Crippen LogP) is 3.70. The molecular weight excluding hydrogens is 416 g/mol. The summed E-state index contributed by atoms with van der Waals surface area (Å²) in [6.07, 6.45) is 5.10. The first-order valence-corrected chi connectivity index (χ1v) is 10.3. The summed E-state index contributed by atoms with van der Waals surface area (Å²) in [4.78, 5) is 14.3. The molecule has 1 fully saturated rings. The molecule has 1 amide bonds. The lowest BCUT2D eigenvalue weighted by Crippen LogP contribution is -2.36. The van der Waals surface area contributed by atoms with Crippen LogP contribution < -0.4 is 0 Å². The molecule has 8 heteroatoms. The summed E-state index contributed by atoms with van der Waals surface area (Å²) >= 11 is 4.79. The highest BCUT2D eigenvalue weighted by Crippen LogP contribution is 2.32. The van der Waals surface area contributed by atoms with Crippen molar-refractivity contribution in [2.24, 2.45) is 0 Å². The normalized spacial score (nSPS) is 14.4. The number of hydrogen-bond acceptors (Lipinski definition) is 5. The van der Waals surface area contributed by atoms with Crippen LogP contribution in [0.3, 0.4) is 0 Å². The third kappa shape index (κ3) is 4.29. The monoisotopic (exact) mass is 436 g/mol. The van der Waals surface area contributed by atoms with Crippen molar-refractivity contribution in [2.45, 2.75) is 31.0 Å². The molecule has 0 spiro atoms. The SMILES string of the molecule is C=CCn1c(SCC(=O)N2CCCCC2)nnc1-c1cc(Br)ccc1O. The maximum atomic E-state index is 12.4. The smallest absolute Gasteiger partial charge is 0.233 e. The van der Waals surface area contributed by atoms with Crippen molar-refractivity contribution in [3.63, 3.8) is 0 Å². The van der Waals surface area contributed by atoms with Crippen LogP contribution in [0.4, 0.5) is 0 Å². The third-order valence-electron chi connectivity index (χ3n) is 4.26. The maximum Gasteiger partial charge on any atom is 0.233 e. The molecule has 3 rings (SSSR count). The van der Waals surface area contributed by atoms with Gasteiger partial charge in [-0.3, -0.25) is 9.36 Å².